The highest BCUT2D eigenvalue weighted by molar-refractivity contribution is 6.03. The molecule has 10 nitrogen and oxygen atoms in total. The number of epoxide rings is 1. The number of carbonyl (C=O) groups is 4. The monoisotopic (exact) mass is 342 g/mol. The number of nitrogens with zero attached hydrogens (tertiary/aromatic N) is 1. The second-order valence-electron chi connectivity index (χ2n) is 6.06. The minimum atomic E-state index is -1.10. The molecule has 0 spiro atoms. The molecule has 0 aromatic carbocycles. The number of nitrogens with one attached hydrogen (secondary N) is 1. The van der Waals surface area contributed by atoms with Gasteiger partial charge in [0.1, 0.15) is 25.0 Å². The summed E-state index contributed by atoms with van der Waals surface area (Å²) in [5, 5.41) is 2.21. The van der Waals surface area contributed by atoms with Gasteiger partial charge in [0, 0.05) is 20.3 Å². The average Bonchev–Trinajstić information content (AvgIpc) is 3.00. The number of fused-ring (bicyclic) bond motifs is 1. The fraction of sp³-hybridized carbons (Fsp3) is 0.714. The molecule has 3 saturated heterocycles. The van der Waals surface area contributed by atoms with Crippen molar-refractivity contribution in [2.24, 2.45) is 0 Å². The van der Waals surface area contributed by atoms with E-state index in [0.29, 0.717) is 0 Å². The van der Waals surface area contributed by atoms with Crippen LogP contribution in [0.15, 0.2) is 0 Å². The molecule has 0 bridgehead atoms. The lowest BCUT2D eigenvalue weighted by molar-refractivity contribution is -0.156. The number of ether oxygens (including phenoxy) is 4. The number of carbonyl (C=O) groups excluding carboxylic acids is 4. The molecule has 0 aromatic heterocycles. The SMILES string of the molecule is CC(=O)OC[C@H]1O[C@@H](N2C(=O)NC(=O)[C@]3(C)O[C@H]23)C[C@@H]1OC(C)=O. The van der Waals surface area contributed by atoms with Crippen molar-refractivity contribution in [2.75, 3.05) is 6.61 Å². The van der Waals surface area contributed by atoms with Crippen molar-refractivity contribution in [3.05, 3.63) is 0 Å². The second-order valence-corrected chi connectivity index (χ2v) is 6.06. The maximum absolute atomic E-state index is 12.1. The van der Waals surface area contributed by atoms with Crippen LogP contribution in [0.4, 0.5) is 4.79 Å². The topological polar surface area (TPSA) is 124 Å². The van der Waals surface area contributed by atoms with Gasteiger partial charge < -0.3 is 18.9 Å². The number of rotatable bonds is 4. The van der Waals surface area contributed by atoms with E-state index in [9.17, 15) is 19.2 Å². The fourth-order valence-electron chi connectivity index (χ4n) is 2.92. The molecule has 3 heterocycles. The molecule has 10 heteroatoms. The molecule has 0 saturated carbocycles. The van der Waals surface area contributed by atoms with Crippen LogP contribution in [0.1, 0.15) is 27.2 Å². The molecule has 3 rings (SSSR count). The Hall–Kier alpha value is -2.20. The molecular weight excluding hydrogens is 324 g/mol. The van der Waals surface area contributed by atoms with Gasteiger partial charge in [-0.25, -0.2) is 4.79 Å². The van der Waals surface area contributed by atoms with E-state index in [4.69, 9.17) is 18.9 Å². The Morgan fingerprint density at radius 3 is 2.67 bits per heavy atom. The van der Waals surface area contributed by atoms with Crippen molar-refractivity contribution in [2.45, 2.75) is 57.5 Å². The molecule has 5 atom stereocenters. The predicted octanol–water partition coefficient (Wildman–Crippen LogP) is -0.737. The van der Waals surface area contributed by atoms with Gasteiger partial charge in [0.2, 0.25) is 0 Å². The van der Waals surface area contributed by atoms with E-state index >= 15 is 0 Å². The van der Waals surface area contributed by atoms with E-state index in [0.717, 1.165) is 0 Å². The maximum atomic E-state index is 12.1. The van der Waals surface area contributed by atoms with Crippen molar-refractivity contribution in [1.82, 2.24) is 10.2 Å². The lowest BCUT2D eigenvalue weighted by Crippen LogP contribution is -2.59. The Kier molecular flexibility index (Phi) is 3.96. The van der Waals surface area contributed by atoms with Gasteiger partial charge in [-0.3, -0.25) is 24.6 Å². The van der Waals surface area contributed by atoms with Crippen LogP contribution in [-0.4, -0.2) is 65.6 Å². The molecule has 24 heavy (non-hydrogen) atoms. The van der Waals surface area contributed by atoms with E-state index in [2.05, 4.69) is 5.32 Å². The number of urea groups is 1. The summed E-state index contributed by atoms with van der Waals surface area (Å²) in [6.07, 6.45) is -2.70. The van der Waals surface area contributed by atoms with Gasteiger partial charge in [-0.2, -0.15) is 0 Å². The third kappa shape index (κ3) is 2.82. The van der Waals surface area contributed by atoms with Crippen molar-refractivity contribution < 1.29 is 38.1 Å². The van der Waals surface area contributed by atoms with Crippen LogP contribution >= 0.6 is 0 Å². The van der Waals surface area contributed by atoms with Gasteiger partial charge in [0.05, 0.1) is 0 Å². The fourth-order valence-corrected chi connectivity index (χ4v) is 2.92. The minimum absolute atomic E-state index is 0.110. The molecule has 0 radical (unpaired) electrons. The van der Waals surface area contributed by atoms with Gasteiger partial charge in [0.25, 0.3) is 5.91 Å². The van der Waals surface area contributed by atoms with E-state index in [1.54, 1.807) is 6.92 Å². The summed E-state index contributed by atoms with van der Waals surface area (Å²) in [5.41, 5.74) is -1.10. The van der Waals surface area contributed by atoms with Crippen LogP contribution in [0.25, 0.3) is 0 Å². The Balaban J connectivity index is 1.72. The largest absolute Gasteiger partial charge is 0.463 e. The standard InChI is InChI=1S/C14H18N2O8/c1-6(17)21-5-9-8(22-7(2)18)4-10(23-9)16-12-14(3,24-12)11(19)15-13(16)20/h8-10,12H,4-5H2,1-3H3,(H,15,19,20)/t8-,9+,10+,12-,14-/m0/s1. The van der Waals surface area contributed by atoms with Crippen LogP contribution in [0.2, 0.25) is 0 Å². The first-order chi connectivity index (χ1) is 11.2. The van der Waals surface area contributed by atoms with Gasteiger partial charge in [-0.1, -0.05) is 0 Å². The van der Waals surface area contributed by atoms with E-state index < -0.39 is 54.1 Å². The van der Waals surface area contributed by atoms with Crippen LogP contribution in [0.5, 0.6) is 0 Å². The molecule has 132 valence electrons. The van der Waals surface area contributed by atoms with Crippen molar-refractivity contribution in [3.63, 3.8) is 0 Å². The van der Waals surface area contributed by atoms with Gasteiger partial charge in [0.15, 0.2) is 11.8 Å². The summed E-state index contributed by atoms with van der Waals surface area (Å²) >= 11 is 0. The Morgan fingerprint density at radius 2 is 2.04 bits per heavy atom. The highest BCUT2D eigenvalue weighted by Gasteiger charge is 2.68. The maximum Gasteiger partial charge on any atom is 0.328 e. The summed E-state index contributed by atoms with van der Waals surface area (Å²) in [6.45, 7) is 3.96. The summed E-state index contributed by atoms with van der Waals surface area (Å²) in [7, 11) is 0. The molecule has 1 N–H and O–H groups in total. The first-order valence-corrected chi connectivity index (χ1v) is 7.50. The first-order valence-electron chi connectivity index (χ1n) is 7.50. The Morgan fingerprint density at radius 1 is 1.33 bits per heavy atom. The molecule has 0 unspecified atom stereocenters. The normalized spacial score (nSPS) is 37.5. The summed E-state index contributed by atoms with van der Waals surface area (Å²) in [6, 6.07) is -0.639. The van der Waals surface area contributed by atoms with E-state index in [1.807, 2.05) is 0 Å². The van der Waals surface area contributed by atoms with Gasteiger partial charge in [-0.15, -0.1) is 0 Å². The van der Waals surface area contributed by atoms with Crippen LogP contribution in [-0.2, 0) is 33.3 Å². The quantitative estimate of drug-likeness (QED) is 0.523. The molecule has 3 amide bonds. The zero-order valence-corrected chi connectivity index (χ0v) is 13.4. The number of esters is 2. The summed E-state index contributed by atoms with van der Waals surface area (Å²) in [5.74, 6) is -1.51. The predicted molar refractivity (Wildman–Crippen MR) is 74.1 cm³/mol. The molecule has 0 aliphatic carbocycles. The smallest absolute Gasteiger partial charge is 0.328 e. The number of imide groups is 1. The van der Waals surface area contributed by atoms with Crippen LogP contribution < -0.4 is 5.32 Å². The molecule has 3 fully saturated rings. The van der Waals surface area contributed by atoms with Crippen LogP contribution in [0, 0.1) is 0 Å². The van der Waals surface area contributed by atoms with Crippen molar-refractivity contribution in [1.29, 1.82) is 0 Å². The van der Waals surface area contributed by atoms with E-state index in [1.165, 1.54) is 18.7 Å². The van der Waals surface area contributed by atoms with E-state index in [-0.39, 0.29) is 13.0 Å². The number of amides is 3. The lowest BCUT2D eigenvalue weighted by atomic mass is 10.1. The van der Waals surface area contributed by atoms with Gasteiger partial charge >= 0.3 is 18.0 Å². The zero-order chi connectivity index (χ0) is 17.6. The molecule has 3 aliphatic rings. The Labute approximate surface area is 137 Å². The average molecular weight is 342 g/mol. The van der Waals surface area contributed by atoms with Crippen LogP contribution in [0.3, 0.4) is 0 Å². The minimum Gasteiger partial charge on any atom is -0.463 e. The molecular formula is C14H18N2O8. The summed E-state index contributed by atoms with van der Waals surface area (Å²) in [4.78, 5) is 47.3. The van der Waals surface area contributed by atoms with Crippen molar-refractivity contribution in [3.8, 4) is 0 Å². The second kappa shape index (κ2) is 5.71. The first kappa shape index (κ1) is 16.7. The number of hydrogen-bond donors (Lipinski definition) is 1. The summed E-state index contributed by atoms with van der Waals surface area (Å²) < 4.78 is 21.2. The zero-order valence-electron chi connectivity index (χ0n) is 13.4. The Bertz CT molecular complexity index is 608. The molecule has 3 aliphatic heterocycles. The lowest BCUT2D eigenvalue weighted by Gasteiger charge is -2.30. The highest BCUT2D eigenvalue weighted by atomic mass is 16.7. The van der Waals surface area contributed by atoms with Gasteiger partial charge in [-0.05, 0) is 6.92 Å². The van der Waals surface area contributed by atoms with Crippen molar-refractivity contribution >= 4 is 23.9 Å². The third-order valence-electron chi connectivity index (χ3n) is 4.19. The molecule has 0 aromatic rings. The highest BCUT2D eigenvalue weighted by Crippen LogP contribution is 2.44. The third-order valence-corrected chi connectivity index (χ3v) is 4.19. The number of hydrogen-bond acceptors (Lipinski definition) is 8.